The molecule has 1 aromatic carbocycles. The van der Waals surface area contributed by atoms with Gasteiger partial charge in [-0.15, -0.1) is 0 Å². The Hall–Kier alpha value is -2.57. The molecule has 6 nitrogen and oxygen atoms in total. The third kappa shape index (κ3) is 1.70. The van der Waals surface area contributed by atoms with E-state index in [0.717, 1.165) is 11.4 Å². The number of aromatic nitrogens is 4. The molecule has 0 amide bonds. The van der Waals surface area contributed by atoms with Crippen LogP contribution in [0.3, 0.4) is 0 Å². The smallest absolute Gasteiger partial charge is 0.206 e. The summed E-state index contributed by atoms with van der Waals surface area (Å²) >= 11 is 0. The highest BCUT2D eigenvalue weighted by Crippen LogP contribution is 2.29. The minimum Gasteiger partial charge on any atom is -0.494 e. The van der Waals surface area contributed by atoms with Crippen molar-refractivity contribution in [2.75, 3.05) is 12.8 Å². The zero-order valence-electron chi connectivity index (χ0n) is 11.4. The quantitative estimate of drug-likeness (QED) is 0.774. The molecular weight excluding hydrogens is 261 g/mol. The van der Waals surface area contributed by atoms with E-state index in [4.69, 9.17) is 10.5 Å². The van der Waals surface area contributed by atoms with Crippen LogP contribution in [0.15, 0.2) is 18.3 Å². The molecule has 0 aliphatic heterocycles. The molecule has 104 valence electrons. The lowest BCUT2D eigenvalue weighted by Gasteiger charge is -2.06. The van der Waals surface area contributed by atoms with Crippen molar-refractivity contribution < 1.29 is 9.13 Å². The summed E-state index contributed by atoms with van der Waals surface area (Å²) in [6, 6.07) is 2.90. The van der Waals surface area contributed by atoms with E-state index in [2.05, 4.69) is 10.1 Å². The lowest BCUT2D eigenvalue weighted by atomic mass is 10.2. The van der Waals surface area contributed by atoms with Gasteiger partial charge in [-0.25, -0.2) is 9.37 Å². The molecule has 20 heavy (non-hydrogen) atoms. The third-order valence-electron chi connectivity index (χ3n) is 3.18. The molecule has 7 heteroatoms. The number of imidazole rings is 1. The molecule has 0 saturated carbocycles. The van der Waals surface area contributed by atoms with E-state index in [0.29, 0.717) is 11.0 Å². The van der Waals surface area contributed by atoms with Gasteiger partial charge in [-0.3, -0.25) is 9.25 Å². The van der Waals surface area contributed by atoms with Crippen LogP contribution in [0.25, 0.3) is 16.7 Å². The highest BCUT2D eigenvalue weighted by Gasteiger charge is 2.16. The Bertz CT molecular complexity index is 805. The number of halogens is 1. The Morgan fingerprint density at radius 1 is 1.35 bits per heavy atom. The first-order chi connectivity index (χ1) is 9.51. The zero-order chi connectivity index (χ0) is 14.4. The minimum absolute atomic E-state index is 0.153. The van der Waals surface area contributed by atoms with Crippen LogP contribution in [0, 0.1) is 12.7 Å². The molecule has 0 saturated heterocycles. The van der Waals surface area contributed by atoms with Gasteiger partial charge >= 0.3 is 0 Å². The molecule has 0 aliphatic carbocycles. The van der Waals surface area contributed by atoms with Crippen LogP contribution in [0.5, 0.6) is 5.75 Å². The maximum absolute atomic E-state index is 13.7. The number of benzene rings is 1. The summed E-state index contributed by atoms with van der Waals surface area (Å²) < 4.78 is 22.2. The molecule has 3 aromatic rings. The summed E-state index contributed by atoms with van der Waals surface area (Å²) in [5, 5.41) is 4.28. The number of methoxy groups -OCH3 is 1. The van der Waals surface area contributed by atoms with E-state index in [1.807, 2.05) is 20.2 Å². The summed E-state index contributed by atoms with van der Waals surface area (Å²) in [6.45, 7) is 1.88. The van der Waals surface area contributed by atoms with Crippen LogP contribution in [0.1, 0.15) is 5.69 Å². The Kier molecular flexibility index (Phi) is 2.63. The van der Waals surface area contributed by atoms with Crippen LogP contribution in [0.4, 0.5) is 10.3 Å². The van der Waals surface area contributed by atoms with Crippen LogP contribution >= 0.6 is 0 Å². The van der Waals surface area contributed by atoms with E-state index < -0.39 is 5.82 Å². The van der Waals surface area contributed by atoms with Crippen molar-refractivity contribution in [3.05, 3.63) is 29.8 Å². The number of nitrogens with two attached hydrogens (primary N) is 1. The monoisotopic (exact) mass is 275 g/mol. The predicted molar refractivity (Wildman–Crippen MR) is 73.5 cm³/mol. The number of rotatable bonds is 2. The highest BCUT2D eigenvalue weighted by atomic mass is 19.1. The van der Waals surface area contributed by atoms with Crippen LogP contribution in [0.2, 0.25) is 0 Å². The number of aryl methyl sites for hydroxylation is 2. The molecule has 2 heterocycles. The number of ether oxygens (including phenoxy) is 1. The van der Waals surface area contributed by atoms with Gasteiger partial charge < -0.3 is 10.5 Å². The van der Waals surface area contributed by atoms with Crippen molar-refractivity contribution >= 4 is 17.0 Å². The first kappa shape index (κ1) is 12.5. The number of fused-ring (bicyclic) bond motifs is 1. The fraction of sp³-hybridized carbons (Fsp3) is 0.231. The first-order valence-corrected chi connectivity index (χ1v) is 6.03. The number of hydrogen-bond acceptors (Lipinski definition) is 4. The van der Waals surface area contributed by atoms with Crippen molar-refractivity contribution in [3.63, 3.8) is 0 Å². The first-order valence-electron chi connectivity index (χ1n) is 6.03. The molecular formula is C13H14FN5O. The molecule has 0 radical (unpaired) electrons. The normalized spacial score (nSPS) is 11.2. The average Bonchev–Trinajstić information content (AvgIpc) is 2.86. The topological polar surface area (TPSA) is 70.9 Å². The lowest BCUT2D eigenvalue weighted by Crippen LogP contribution is -2.01. The Morgan fingerprint density at radius 3 is 2.70 bits per heavy atom. The molecule has 0 spiro atoms. The number of hydrogen-bond donors (Lipinski definition) is 1. The maximum Gasteiger partial charge on any atom is 0.206 e. The fourth-order valence-corrected chi connectivity index (χ4v) is 2.31. The van der Waals surface area contributed by atoms with Crippen molar-refractivity contribution in [1.29, 1.82) is 0 Å². The van der Waals surface area contributed by atoms with Gasteiger partial charge in [0.2, 0.25) is 5.95 Å². The second-order valence-corrected chi connectivity index (χ2v) is 4.55. The molecule has 0 unspecified atom stereocenters. The van der Waals surface area contributed by atoms with Gasteiger partial charge in [0.15, 0.2) is 11.6 Å². The Morgan fingerprint density at radius 2 is 2.10 bits per heavy atom. The number of nitrogens with zero attached hydrogens (tertiary/aromatic N) is 4. The highest BCUT2D eigenvalue weighted by molar-refractivity contribution is 5.82. The molecule has 0 atom stereocenters. The van der Waals surface area contributed by atoms with Gasteiger partial charge in [0.25, 0.3) is 0 Å². The summed E-state index contributed by atoms with van der Waals surface area (Å²) in [6.07, 6.45) is 1.84. The standard InChI is InChI=1S/C13H14FN5O/c1-7-11(6-18(2)17-7)19-10-5-12(20-3)8(14)4-9(10)16-13(19)15/h4-6H,1-3H3,(H2,15,16). The van der Waals surface area contributed by atoms with E-state index in [9.17, 15) is 4.39 Å². The SMILES string of the molecule is COc1cc2c(cc1F)nc(N)n2-c1cn(C)nc1C. The van der Waals surface area contributed by atoms with Gasteiger partial charge in [-0.2, -0.15) is 5.10 Å². The third-order valence-corrected chi connectivity index (χ3v) is 3.18. The van der Waals surface area contributed by atoms with Crippen LogP contribution < -0.4 is 10.5 Å². The van der Waals surface area contributed by atoms with Gasteiger partial charge in [-0.05, 0) is 6.92 Å². The van der Waals surface area contributed by atoms with E-state index >= 15 is 0 Å². The van der Waals surface area contributed by atoms with Crippen molar-refractivity contribution in [3.8, 4) is 11.4 Å². The average molecular weight is 275 g/mol. The second kappa shape index (κ2) is 4.22. The second-order valence-electron chi connectivity index (χ2n) is 4.55. The summed E-state index contributed by atoms with van der Waals surface area (Å²) in [5.74, 6) is -0.0310. The number of nitrogen functional groups attached to an aromatic ring is 1. The van der Waals surface area contributed by atoms with Crippen molar-refractivity contribution in [2.24, 2.45) is 7.05 Å². The van der Waals surface area contributed by atoms with Gasteiger partial charge in [0.1, 0.15) is 0 Å². The van der Waals surface area contributed by atoms with Crippen LogP contribution in [-0.4, -0.2) is 26.4 Å². The van der Waals surface area contributed by atoms with Gasteiger partial charge in [0, 0.05) is 25.4 Å². The Balaban J connectivity index is 2.35. The van der Waals surface area contributed by atoms with E-state index in [-0.39, 0.29) is 11.7 Å². The predicted octanol–water partition coefficient (Wildman–Crippen LogP) is 1.80. The largest absolute Gasteiger partial charge is 0.494 e. The number of anilines is 1. The summed E-state index contributed by atoms with van der Waals surface area (Å²) in [5.41, 5.74) is 8.72. The molecule has 2 N–H and O–H groups in total. The van der Waals surface area contributed by atoms with E-state index in [1.54, 1.807) is 15.3 Å². The maximum atomic E-state index is 13.7. The molecule has 3 rings (SSSR count). The summed E-state index contributed by atoms with van der Waals surface area (Å²) in [7, 11) is 3.25. The zero-order valence-corrected chi connectivity index (χ0v) is 11.4. The molecule has 0 aliphatic rings. The van der Waals surface area contributed by atoms with Gasteiger partial charge in [0.05, 0.1) is 29.5 Å². The van der Waals surface area contributed by atoms with Gasteiger partial charge in [-0.1, -0.05) is 0 Å². The van der Waals surface area contributed by atoms with E-state index in [1.165, 1.54) is 13.2 Å². The lowest BCUT2D eigenvalue weighted by molar-refractivity contribution is 0.387. The Labute approximate surface area is 114 Å². The van der Waals surface area contributed by atoms with Crippen LogP contribution in [-0.2, 0) is 7.05 Å². The molecule has 2 aromatic heterocycles. The minimum atomic E-state index is -0.465. The fourth-order valence-electron chi connectivity index (χ4n) is 2.31. The van der Waals surface area contributed by atoms with Crippen molar-refractivity contribution in [1.82, 2.24) is 19.3 Å². The van der Waals surface area contributed by atoms with Crippen molar-refractivity contribution in [2.45, 2.75) is 6.92 Å². The molecule has 0 bridgehead atoms. The molecule has 0 fully saturated rings. The summed E-state index contributed by atoms with van der Waals surface area (Å²) in [4.78, 5) is 4.18.